The molecule has 0 bridgehead atoms. The summed E-state index contributed by atoms with van der Waals surface area (Å²) in [5.74, 6) is 1.87. The first-order valence-corrected chi connectivity index (χ1v) is 19.8. The number of fused-ring (bicyclic) bond motifs is 4. The summed E-state index contributed by atoms with van der Waals surface area (Å²) in [7, 11) is 0. The zero-order chi connectivity index (χ0) is 39.1. The van der Waals surface area contributed by atoms with Crippen molar-refractivity contribution in [2.24, 2.45) is 0 Å². The van der Waals surface area contributed by atoms with E-state index in [1.54, 1.807) is 0 Å². The smallest absolute Gasteiger partial charge is 0.164 e. The van der Waals surface area contributed by atoms with Gasteiger partial charge in [0, 0.05) is 27.5 Å². The van der Waals surface area contributed by atoms with Crippen molar-refractivity contribution >= 4 is 32.7 Å². The van der Waals surface area contributed by atoms with Crippen molar-refractivity contribution in [3.8, 4) is 78.7 Å². The molecule has 4 heteroatoms. The Morgan fingerprint density at radius 2 is 0.661 bits per heavy atom. The van der Waals surface area contributed by atoms with Crippen LogP contribution in [-0.2, 0) is 0 Å². The summed E-state index contributed by atoms with van der Waals surface area (Å²) in [5, 5.41) is 4.64. The number of hydrogen-bond acceptors (Lipinski definition) is 4. The molecule has 9 aromatic carbocycles. The molecule has 0 saturated carbocycles. The normalized spacial score (nSPS) is 11.4. The molecule has 11 rings (SSSR count). The summed E-state index contributed by atoms with van der Waals surface area (Å²) in [6.07, 6.45) is 0. The molecule has 0 N–H and O–H groups in total. The predicted octanol–water partition coefficient (Wildman–Crippen LogP) is 14.6. The van der Waals surface area contributed by atoms with Crippen LogP contribution in [0.1, 0.15) is 0 Å². The van der Waals surface area contributed by atoms with Crippen LogP contribution in [0, 0.1) is 0 Å². The van der Waals surface area contributed by atoms with E-state index in [2.05, 4.69) is 182 Å². The maximum atomic E-state index is 6.14. The van der Waals surface area contributed by atoms with Crippen LogP contribution < -0.4 is 0 Å². The van der Waals surface area contributed by atoms with Crippen LogP contribution in [0.2, 0.25) is 0 Å². The quantitative estimate of drug-likeness (QED) is 0.163. The molecular formula is C55H35N3O. The Balaban J connectivity index is 0.993. The standard InChI is InChI=1S/C55H35N3O/c1-3-13-36(14-4-1)37-23-27-40(28-24-37)53-56-54(58-55(57-53)49-21-10-7-17-43(49)38-15-5-2-6-16-38)41-29-25-39(26-30-41)44-32-33-45(47-19-9-8-18-46(44)47)42-31-34-52-50(35-42)48-20-11-12-22-51(48)59-52/h1-35H. The first kappa shape index (κ1) is 34.3. The largest absolute Gasteiger partial charge is 0.456 e. The molecule has 0 fully saturated rings. The van der Waals surface area contributed by atoms with Gasteiger partial charge in [0.05, 0.1) is 0 Å². The van der Waals surface area contributed by atoms with E-state index in [1.807, 2.05) is 30.3 Å². The first-order chi connectivity index (χ1) is 29.2. The Labute approximate surface area is 341 Å². The summed E-state index contributed by atoms with van der Waals surface area (Å²) >= 11 is 0. The van der Waals surface area contributed by atoms with Crippen molar-refractivity contribution in [2.45, 2.75) is 0 Å². The fourth-order valence-electron chi connectivity index (χ4n) is 8.24. The van der Waals surface area contributed by atoms with Crippen molar-refractivity contribution in [1.29, 1.82) is 0 Å². The number of rotatable bonds is 7. The summed E-state index contributed by atoms with van der Waals surface area (Å²) in [5.41, 5.74) is 13.7. The van der Waals surface area contributed by atoms with Crippen LogP contribution >= 0.6 is 0 Å². The number of hydrogen-bond donors (Lipinski definition) is 0. The Hall–Kier alpha value is -7.95. The van der Waals surface area contributed by atoms with E-state index in [9.17, 15) is 0 Å². The average molecular weight is 754 g/mol. The van der Waals surface area contributed by atoms with Gasteiger partial charge in [-0.2, -0.15) is 0 Å². The highest BCUT2D eigenvalue weighted by molar-refractivity contribution is 6.09. The van der Waals surface area contributed by atoms with Gasteiger partial charge in [-0.1, -0.05) is 194 Å². The summed E-state index contributed by atoms with van der Waals surface area (Å²) < 4.78 is 6.14. The first-order valence-electron chi connectivity index (χ1n) is 19.8. The third-order valence-corrected chi connectivity index (χ3v) is 11.2. The molecule has 4 nitrogen and oxygen atoms in total. The van der Waals surface area contributed by atoms with Crippen molar-refractivity contribution in [3.05, 3.63) is 212 Å². The molecular weight excluding hydrogens is 719 g/mol. The maximum absolute atomic E-state index is 6.14. The predicted molar refractivity (Wildman–Crippen MR) is 243 cm³/mol. The lowest BCUT2D eigenvalue weighted by Gasteiger charge is -2.14. The highest BCUT2D eigenvalue weighted by atomic mass is 16.3. The zero-order valence-electron chi connectivity index (χ0n) is 32.0. The van der Waals surface area contributed by atoms with E-state index in [4.69, 9.17) is 19.4 Å². The molecule has 0 amide bonds. The van der Waals surface area contributed by atoms with Crippen LogP contribution in [0.3, 0.4) is 0 Å². The third-order valence-electron chi connectivity index (χ3n) is 11.2. The molecule has 0 radical (unpaired) electrons. The topological polar surface area (TPSA) is 51.8 Å². The van der Waals surface area contributed by atoms with E-state index in [1.165, 1.54) is 21.9 Å². The molecule has 0 spiro atoms. The van der Waals surface area contributed by atoms with Crippen molar-refractivity contribution < 1.29 is 4.42 Å². The van der Waals surface area contributed by atoms with Crippen molar-refractivity contribution in [2.75, 3.05) is 0 Å². The second-order valence-corrected chi connectivity index (χ2v) is 14.8. The van der Waals surface area contributed by atoms with Crippen LogP contribution in [0.15, 0.2) is 217 Å². The molecule has 0 aliphatic carbocycles. The Bertz CT molecular complexity index is 3300. The second-order valence-electron chi connectivity index (χ2n) is 14.8. The fourth-order valence-corrected chi connectivity index (χ4v) is 8.24. The Morgan fingerprint density at radius 1 is 0.237 bits per heavy atom. The highest BCUT2D eigenvalue weighted by Crippen LogP contribution is 2.39. The number of aromatic nitrogens is 3. The van der Waals surface area contributed by atoms with E-state index in [0.29, 0.717) is 17.5 Å². The fraction of sp³-hybridized carbons (Fsp3) is 0. The van der Waals surface area contributed by atoms with Gasteiger partial charge >= 0.3 is 0 Å². The van der Waals surface area contributed by atoms with Crippen molar-refractivity contribution in [3.63, 3.8) is 0 Å². The second kappa shape index (κ2) is 14.5. The van der Waals surface area contributed by atoms with Gasteiger partial charge in [0.1, 0.15) is 11.2 Å². The van der Waals surface area contributed by atoms with Crippen molar-refractivity contribution in [1.82, 2.24) is 15.0 Å². The van der Waals surface area contributed by atoms with Gasteiger partial charge in [-0.25, -0.2) is 15.0 Å². The van der Waals surface area contributed by atoms with E-state index >= 15 is 0 Å². The number of para-hydroxylation sites is 1. The Morgan fingerprint density at radius 3 is 1.32 bits per heavy atom. The third kappa shape index (κ3) is 6.34. The minimum absolute atomic E-state index is 0.619. The monoisotopic (exact) mass is 753 g/mol. The molecule has 0 atom stereocenters. The molecule has 2 heterocycles. The minimum atomic E-state index is 0.619. The molecule has 59 heavy (non-hydrogen) atoms. The molecule has 11 aromatic rings. The summed E-state index contributed by atoms with van der Waals surface area (Å²) in [6.45, 7) is 0. The summed E-state index contributed by atoms with van der Waals surface area (Å²) in [4.78, 5) is 15.4. The molecule has 2 aromatic heterocycles. The van der Waals surface area contributed by atoms with E-state index < -0.39 is 0 Å². The maximum Gasteiger partial charge on any atom is 0.164 e. The van der Waals surface area contributed by atoms with Crippen LogP contribution in [0.5, 0.6) is 0 Å². The van der Waals surface area contributed by atoms with Gasteiger partial charge in [0.2, 0.25) is 0 Å². The zero-order valence-corrected chi connectivity index (χ0v) is 32.0. The summed E-state index contributed by atoms with van der Waals surface area (Å²) in [6, 6.07) is 74.1. The number of benzene rings is 9. The molecule has 0 aliphatic rings. The Kier molecular flexibility index (Phi) is 8.45. The highest BCUT2D eigenvalue weighted by Gasteiger charge is 2.17. The molecule has 0 unspecified atom stereocenters. The lowest BCUT2D eigenvalue weighted by Crippen LogP contribution is -2.01. The average Bonchev–Trinajstić information content (AvgIpc) is 3.70. The van der Waals surface area contributed by atoms with Gasteiger partial charge < -0.3 is 4.42 Å². The van der Waals surface area contributed by atoms with Gasteiger partial charge in [-0.15, -0.1) is 0 Å². The SMILES string of the molecule is c1ccc(-c2ccc(-c3nc(-c4ccc(-c5ccc(-c6ccc7oc8ccccc8c7c6)c6ccccc56)cc4)nc(-c4ccccc4-c4ccccc4)n3)cc2)cc1. The lowest BCUT2D eigenvalue weighted by molar-refractivity contribution is 0.669. The van der Waals surface area contributed by atoms with E-state index in [-0.39, 0.29) is 0 Å². The molecule has 0 aliphatic heterocycles. The van der Waals surface area contributed by atoms with Gasteiger partial charge in [-0.05, 0) is 73.5 Å². The van der Waals surface area contributed by atoms with E-state index in [0.717, 1.165) is 72.0 Å². The van der Waals surface area contributed by atoms with Gasteiger partial charge in [0.15, 0.2) is 17.5 Å². The van der Waals surface area contributed by atoms with Gasteiger partial charge in [-0.3, -0.25) is 0 Å². The minimum Gasteiger partial charge on any atom is -0.456 e. The lowest BCUT2D eigenvalue weighted by atomic mass is 9.91. The van der Waals surface area contributed by atoms with Crippen LogP contribution in [0.25, 0.3) is 111 Å². The van der Waals surface area contributed by atoms with Crippen LogP contribution in [0.4, 0.5) is 0 Å². The van der Waals surface area contributed by atoms with Crippen LogP contribution in [-0.4, -0.2) is 15.0 Å². The number of nitrogens with zero attached hydrogens (tertiary/aromatic N) is 3. The van der Waals surface area contributed by atoms with Gasteiger partial charge in [0.25, 0.3) is 0 Å². The molecule has 276 valence electrons. The molecule has 0 saturated heterocycles. The number of furan rings is 1.